The van der Waals surface area contributed by atoms with Gasteiger partial charge in [-0.05, 0) is 24.3 Å². The normalized spacial score (nSPS) is 11.0. The third-order valence-corrected chi connectivity index (χ3v) is 4.38. The summed E-state index contributed by atoms with van der Waals surface area (Å²) < 4.78 is 0. The fourth-order valence-corrected chi connectivity index (χ4v) is 3.28. The number of fused-ring (bicyclic) bond motifs is 1. The maximum absolute atomic E-state index is 12.5. The Morgan fingerprint density at radius 2 is 2.30 bits per heavy atom. The van der Waals surface area contributed by atoms with Gasteiger partial charge in [-0.2, -0.15) is 0 Å². The summed E-state index contributed by atoms with van der Waals surface area (Å²) >= 11 is 1.72. The molecule has 0 aliphatic carbocycles. The van der Waals surface area contributed by atoms with Crippen LogP contribution in [0.5, 0.6) is 0 Å². The zero-order valence-electron chi connectivity index (χ0n) is 12.7. The van der Waals surface area contributed by atoms with E-state index in [4.69, 9.17) is 5.73 Å². The van der Waals surface area contributed by atoms with Crippen LogP contribution >= 0.6 is 11.8 Å². The van der Waals surface area contributed by atoms with E-state index in [2.05, 4.69) is 32.2 Å². The Kier molecular flexibility index (Phi) is 4.52. The number of aromatic nitrogens is 4. The average Bonchev–Trinajstić information content (AvgIpc) is 3.15. The van der Waals surface area contributed by atoms with E-state index in [0.717, 1.165) is 29.0 Å². The summed E-state index contributed by atoms with van der Waals surface area (Å²) in [7, 11) is 0. The molecule has 0 saturated heterocycles. The molecule has 1 amide bonds. The lowest BCUT2D eigenvalue weighted by atomic mass is 10.1. The first-order valence-electron chi connectivity index (χ1n) is 7.40. The van der Waals surface area contributed by atoms with Gasteiger partial charge in [0.05, 0.1) is 11.1 Å². The maximum atomic E-state index is 12.5. The minimum atomic E-state index is -0.269. The van der Waals surface area contributed by atoms with Crippen LogP contribution in [0.15, 0.2) is 29.4 Å². The fourth-order valence-electron chi connectivity index (χ4n) is 2.21. The van der Waals surface area contributed by atoms with Crippen molar-refractivity contribution in [1.29, 1.82) is 0 Å². The number of unbranched alkanes of at least 4 members (excludes halogenated alkanes) is 1. The number of imidazole rings is 2. The van der Waals surface area contributed by atoms with Crippen LogP contribution in [0, 0.1) is 0 Å². The number of nitrogens with two attached hydrogens (primary N) is 1. The van der Waals surface area contributed by atoms with Crippen molar-refractivity contribution in [3.63, 3.8) is 0 Å². The molecule has 0 aliphatic rings. The number of nitrogens with zero attached hydrogens (tertiary/aromatic N) is 2. The Morgan fingerprint density at radius 1 is 1.43 bits per heavy atom. The van der Waals surface area contributed by atoms with Gasteiger partial charge in [-0.1, -0.05) is 13.3 Å². The van der Waals surface area contributed by atoms with E-state index in [1.165, 1.54) is 0 Å². The minimum absolute atomic E-state index is 0.269. The van der Waals surface area contributed by atoms with Gasteiger partial charge in [0, 0.05) is 17.3 Å². The number of aromatic amines is 2. The molecule has 0 atom stereocenters. The summed E-state index contributed by atoms with van der Waals surface area (Å²) in [6.45, 7) is 2.15. The van der Waals surface area contributed by atoms with Crippen molar-refractivity contribution in [2.24, 2.45) is 0 Å². The number of nitrogens with one attached hydrogen (secondary N) is 3. The van der Waals surface area contributed by atoms with Crippen molar-refractivity contribution in [3.05, 3.63) is 30.1 Å². The van der Waals surface area contributed by atoms with Gasteiger partial charge in [0.15, 0.2) is 5.95 Å². The molecule has 0 radical (unpaired) electrons. The first kappa shape index (κ1) is 15.4. The summed E-state index contributed by atoms with van der Waals surface area (Å²) in [5, 5.41) is 2.72. The van der Waals surface area contributed by atoms with Gasteiger partial charge in [-0.25, -0.2) is 9.97 Å². The van der Waals surface area contributed by atoms with Crippen LogP contribution in [0.2, 0.25) is 0 Å². The number of benzene rings is 1. The molecule has 23 heavy (non-hydrogen) atoms. The highest BCUT2D eigenvalue weighted by atomic mass is 32.2. The molecule has 120 valence electrons. The number of anilines is 2. The van der Waals surface area contributed by atoms with E-state index in [1.54, 1.807) is 24.2 Å². The number of nitrogen functional groups attached to an aromatic ring is 1. The van der Waals surface area contributed by atoms with Gasteiger partial charge in [0.25, 0.3) is 5.91 Å². The van der Waals surface area contributed by atoms with Gasteiger partial charge >= 0.3 is 0 Å². The molecule has 3 aromatic rings. The Morgan fingerprint density at radius 3 is 3.04 bits per heavy atom. The van der Waals surface area contributed by atoms with Gasteiger partial charge in [-0.3, -0.25) is 10.1 Å². The summed E-state index contributed by atoms with van der Waals surface area (Å²) in [4.78, 5) is 27.6. The first-order valence-corrected chi connectivity index (χ1v) is 8.38. The number of hydrogen-bond acceptors (Lipinski definition) is 5. The number of amides is 1. The quantitative estimate of drug-likeness (QED) is 0.410. The lowest BCUT2D eigenvalue weighted by Crippen LogP contribution is -2.13. The standard InChI is InChI=1S/C15H18N6OS/c1-2-3-6-23-9-7-10(12-11(8-9)19-14(16)20-12)13(22)21-15-17-4-5-18-15/h4-5,7-8H,2-3,6H2,1H3,(H3,16,19,20)(H2,17,18,21,22). The number of thioether (sulfide) groups is 1. The topological polar surface area (TPSA) is 112 Å². The van der Waals surface area contributed by atoms with E-state index in [9.17, 15) is 4.79 Å². The summed E-state index contributed by atoms with van der Waals surface area (Å²) in [5.74, 6) is 1.43. The van der Waals surface area contributed by atoms with Crippen LogP contribution in [0.4, 0.5) is 11.9 Å². The molecule has 3 rings (SSSR count). The van der Waals surface area contributed by atoms with Gasteiger partial charge in [-0.15, -0.1) is 11.8 Å². The Hall–Kier alpha value is -2.48. The van der Waals surface area contributed by atoms with Crippen molar-refractivity contribution in [3.8, 4) is 0 Å². The predicted molar refractivity (Wildman–Crippen MR) is 92.7 cm³/mol. The molecular weight excluding hydrogens is 312 g/mol. The maximum Gasteiger partial charge on any atom is 0.260 e. The summed E-state index contributed by atoms with van der Waals surface area (Å²) in [5.41, 5.74) is 7.54. The highest BCUT2D eigenvalue weighted by molar-refractivity contribution is 7.99. The molecule has 1 aromatic carbocycles. The van der Waals surface area contributed by atoms with Crippen LogP contribution in [0.3, 0.4) is 0 Å². The Balaban J connectivity index is 1.94. The van der Waals surface area contributed by atoms with Crippen molar-refractivity contribution in [2.75, 3.05) is 16.8 Å². The summed E-state index contributed by atoms with van der Waals surface area (Å²) in [6, 6.07) is 3.82. The smallest absolute Gasteiger partial charge is 0.260 e. The lowest BCUT2D eigenvalue weighted by molar-refractivity contribution is 0.102. The van der Waals surface area contributed by atoms with Crippen molar-refractivity contribution in [1.82, 2.24) is 19.9 Å². The van der Waals surface area contributed by atoms with Gasteiger partial charge in [0.2, 0.25) is 5.95 Å². The third-order valence-electron chi connectivity index (χ3n) is 3.32. The molecule has 5 N–H and O–H groups in total. The largest absolute Gasteiger partial charge is 0.369 e. The second-order valence-corrected chi connectivity index (χ2v) is 6.25. The average molecular weight is 330 g/mol. The fraction of sp³-hybridized carbons (Fsp3) is 0.267. The molecule has 2 aromatic heterocycles. The number of rotatable bonds is 6. The number of carbonyl (C=O) groups is 1. The first-order chi connectivity index (χ1) is 11.2. The van der Waals surface area contributed by atoms with E-state index in [1.807, 2.05) is 12.1 Å². The Bertz CT molecular complexity index is 811. The minimum Gasteiger partial charge on any atom is -0.369 e. The van der Waals surface area contributed by atoms with Gasteiger partial charge < -0.3 is 15.7 Å². The molecule has 7 nitrogen and oxygen atoms in total. The summed E-state index contributed by atoms with van der Waals surface area (Å²) in [6.07, 6.45) is 5.49. The molecular formula is C15H18N6OS. The van der Waals surface area contributed by atoms with Gasteiger partial charge in [0.1, 0.15) is 5.52 Å². The highest BCUT2D eigenvalue weighted by Gasteiger charge is 2.16. The van der Waals surface area contributed by atoms with Crippen LogP contribution in [0.1, 0.15) is 30.1 Å². The SMILES string of the molecule is CCCCSc1cc(C(=O)Nc2ncc[nH]2)c2nc(N)[nH]c2c1. The van der Waals surface area contributed by atoms with Crippen LogP contribution in [0.25, 0.3) is 11.0 Å². The number of carbonyl (C=O) groups excluding carboxylic acids is 1. The molecule has 0 aliphatic heterocycles. The molecule has 8 heteroatoms. The number of H-pyrrole nitrogens is 2. The zero-order valence-corrected chi connectivity index (χ0v) is 13.5. The van der Waals surface area contributed by atoms with Crippen LogP contribution in [-0.4, -0.2) is 31.6 Å². The molecule has 0 saturated carbocycles. The van der Waals surface area contributed by atoms with Crippen LogP contribution < -0.4 is 11.1 Å². The monoisotopic (exact) mass is 330 g/mol. The Labute approximate surface area is 137 Å². The highest BCUT2D eigenvalue weighted by Crippen LogP contribution is 2.27. The van der Waals surface area contributed by atoms with E-state index >= 15 is 0 Å². The molecule has 0 fully saturated rings. The van der Waals surface area contributed by atoms with Crippen molar-refractivity contribution >= 4 is 40.6 Å². The zero-order chi connectivity index (χ0) is 16.2. The number of hydrogen-bond donors (Lipinski definition) is 4. The molecule has 0 spiro atoms. The van der Waals surface area contributed by atoms with E-state index in [0.29, 0.717) is 23.0 Å². The van der Waals surface area contributed by atoms with E-state index in [-0.39, 0.29) is 5.91 Å². The molecule has 0 bridgehead atoms. The second-order valence-electron chi connectivity index (χ2n) is 5.08. The molecule has 0 unspecified atom stereocenters. The van der Waals surface area contributed by atoms with Crippen molar-refractivity contribution in [2.45, 2.75) is 24.7 Å². The molecule has 2 heterocycles. The van der Waals surface area contributed by atoms with Crippen molar-refractivity contribution < 1.29 is 4.79 Å². The second kappa shape index (κ2) is 6.74. The van der Waals surface area contributed by atoms with E-state index < -0.39 is 0 Å². The predicted octanol–water partition coefficient (Wildman–Crippen LogP) is 3.01. The third kappa shape index (κ3) is 3.48. The van der Waals surface area contributed by atoms with Crippen LogP contribution in [-0.2, 0) is 0 Å². The lowest BCUT2D eigenvalue weighted by Gasteiger charge is -2.06.